The van der Waals surface area contributed by atoms with Gasteiger partial charge in [-0.05, 0) is 26.0 Å². The number of anilines is 1. The highest BCUT2D eigenvalue weighted by atomic mass is 32.2. The van der Waals surface area contributed by atoms with Gasteiger partial charge in [-0.25, -0.2) is 4.39 Å². The number of amides is 1. The fourth-order valence-electron chi connectivity index (χ4n) is 1.62. The number of nitrogens with zero attached hydrogens (tertiary/aromatic N) is 2. The molecule has 0 spiro atoms. The van der Waals surface area contributed by atoms with Crippen LogP contribution in [0.2, 0.25) is 0 Å². The minimum Gasteiger partial charge on any atom is -0.318 e. The van der Waals surface area contributed by atoms with Gasteiger partial charge in [0.1, 0.15) is 5.82 Å². The Morgan fingerprint density at radius 3 is 2.71 bits per heavy atom. The number of carbonyl (C=O) groups is 1. The first-order valence-corrected chi connectivity index (χ1v) is 6.32. The van der Waals surface area contributed by atoms with Crippen LogP contribution < -0.4 is 4.90 Å². The van der Waals surface area contributed by atoms with Gasteiger partial charge in [-0.1, -0.05) is 23.9 Å². The van der Waals surface area contributed by atoms with Crippen LogP contribution in [0.5, 0.6) is 0 Å². The van der Waals surface area contributed by atoms with Crippen LogP contribution in [-0.2, 0) is 4.79 Å². The monoisotopic (exact) mass is 252 g/mol. The summed E-state index contributed by atoms with van der Waals surface area (Å²) in [5.74, 6) is -0.454. The van der Waals surface area contributed by atoms with Crippen molar-refractivity contribution in [3.05, 3.63) is 30.1 Å². The molecule has 0 bridgehead atoms. The molecule has 0 saturated carbocycles. The fraction of sp³-hybridized carbons (Fsp3) is 0.333. The standard InChI is InChI=1S/C12H13FN2OS/c1-3-15(10-7-5-4-6-9(10)13)12-14-11(16)8(2)17-12/h4-8H,3H2,1-2H3. The summed E-state index contributed by atoms with van der Waals surface area (Å²) in [6.07, 6.45) is 0. The molecule has 0 aromatic heterocycles. The third-order valence-electron chi connectivity index (χ3n) is 2.53. The number of hydrogen-bond acceptors (Lipinski definition) is 3. The highest BCUT2D eigenvalue weighted by Crippen LogP contribution is 2.28. The normalized spacial score (nSPS) is 19.4. The maximum atomic E-state index is 13.7. The van der Waals surface area contributed by atoms with E-state index < -0.39 is 0 Å². The van der Waals surface area contributed by atoms with E-state index >= 15 is 0 Å². The Bertz CT molecular complexity index is 475. The number of carbonyl (C=O) groups excluding carboxylic acids is 1. The van der Waals surface area contributed by atoms with Gasteiger partial charge in [-0.15, -0.1) is 0 Å². The maximum Gasteiger partial charge on any atom is 0.261 e. The lowest BCUT2D eigenvalue weighted by atomic mass is 10.3. The van der Waals surface area contributed by atoms with Crippen molar-refractivity contribution >= 4 is 28.5 Å². The van der Waals surface area contributed by atoms with Gasteiger partial charge in [0, 0.05) is 6.54 Å². The van der Waals surface area contributed by atoms with Crippen molar-refractivity contribution in [3.8, 4) is 0 Å². The molecule has 90 valence electrons. The Kier molecular flexibility index (Phi) is 3.47. The fourth-order valence-corrected chi connectivity index (χ4v) is 2.59. The van der Waals surface area contributed by atoms with E-state index in [9.17, 15) is 9.18 Å². The summed E-state index contributed by atoms with van der Waals surface area (Å²) in [5.41, 5.74) is 0.461. The van der Waals surface area contributed by atoms with Gasteiger partial charge in [-0.2, -0.15) is 4.99 Å². The average Bonchev–Trinajstić information content (AvgIpc) is 2.63. The lowest BCUT2D eigenvalue weighted by Gasteiger charge is -2.22. The number of hydrogen-bond donors (Lipinski definition) is 0. The molecule has 1 aliphatic rings. The van der Waals surface area contributed by atoms with Crippen molar-refractivity contribution in [3.63, 3.8) is 0 Å². The van der Waals surface area contributed by atoms with Crippen LogP contribution in [0.4, 0.5) is 10.1 Å². The quantitative estimate of drug-likeness (QED) is 0.811. The predicted molar refractivity (Wildman–Crippen MR) is 68.9 cm³/mol. The summed E-state index contributed by atoms with van der Waals surface area (Å²) in [5, 5.41) is 0.404. The van der Waals surface area contributed by atoms with Crippen LogP contribution in [0, 0.1) is 5.82 Å². The van der Waals surface area contributed by atoms with Crippen molar-refractivity contribution < 1.29 is 9.18 Å². The van der Waals surface area contributed by atoms with Gasteiger partial charge in [0.05, 0.1) is 10.9 Å². The molecule has 1 aromatic rings. The van der Waals surface area contributed by atoms with Gasteiger partial charge in [-0.3, -0.25) is 4.79 Å². The van der Waals surface area contributed by atoms with Crippen LogP contribution in [-0.4, -0.2) is 22.9 Å². The molecular weight excluding hydrogens is 239 g/mol. The SMILES string of the molecule is CCN(C1=NC(=O)C(C)S1)c1ccccc1F. The molecule has 1 heterocycles. The van der Waals surface area contributed by atoms with Crippen molar-refractivity contribution in [2.24, 2.45) is 4.99 Å². The molecule has 0 fully saturated rings. The summed E-state index contributed by atoms with van der Waals surface area (Å²) >= 11 is 1.37. The molecule has 1 aromatic carbocycles. The van der Waals surface area contributed by atoms with Crippen molar-refractivity contribution in [2.45, 2.75) is 19.1 Å². The van der Waals surface area contributed by atoms with Gasteiger partial charge in [0.25, 0.3) is 5.91 Å². The van der Waals surface area contributed by atoms with Crippen molar-refractivity contribution in [2.75, 3.05) is 11.4 Å². The maximum absolute atomic E-state index is 13.7. The second-order valence-corrected chi connectivity index (χ2v) is 5.00. The molecule has 1 atom stereocenters. The number of amidine groups is 1. The Labute approximate surface area is 104 Å². The lowest BCUT2D eigenvalue weighted by molar-refractivity contribution is -0.116. The van der Waals surface area contributed by atoms with E-state index in [1.165, 1.54) is 17.8 Å². The average molecular weight is 252 g/mol. The van der Waals surface area contributed by atoms with E-state index in [1.807, 2.05) is 6.92 Å². The zero-order chi connectivity index (χ0) is 12.4. The number of aliphatic imine (C=N–C) groups is 1. The van der Waals surface area contributed by atoms with Crippen LogP contribution in [0.15, 0.2) is 29.3 Å². The molecule has 0 saturated heterocycles. The highest BCUT2D eigenvalue weighted by molar-refractivity contribution is 8.15. The molecule has 2 rings (SSSR count). The second kappa shape index (κ2) is 4.87. The summed E-state index contributed by atoms with van der Waals surface area (Å²) in [6.45, 7) is 4.29. The first-order valence-electron chi connectivity index (χ1n) is 5.44. The second-order valence-electron chi connectivity index (χ2n) is 3.69. The highest BCUT2D eigenvalue weighted by Gasteiger charge is 2.28. The molecule has 1 aliphatic heterocycles. The third-order valence-corrected chi connectivity index (χ3v) is 3.60. The Morgan fingerprint density at radius 1 is 1.47 bits per heavy atom. The molecule has 0 aliphatic carbocycles. The van der Waals surface area contributed by atoms with Crippen LogP contribution in [0.3, 0.4) is 0 Å². The first-order chi connectivity index (χ1) is 8.13. The number of halogens is 1. The van der Waals surface area contributed by atoms with Gasteiger partial charge < -0.3 is 4.90 Å². The zero-order valence-electron chi connectivity index (χ0n) is 9.68. The van der Waals surface area contributed by atoms with Gasteiger partial charge in [0.2, 0.25) is 0 Å². The lowest BCUT2D eigenvalue weighted by Crippen LogP contribution is -2.28. The van der Waals surface area contributed by atoms with Crippen molar-refractivity contribution in [1.29, 1.82) is 0 Å². The summed E-state index contributed by atoms with van der Waals surface area (Å²) in [6, 6.07) is 6.51. The number of thioether (sulfide) groups is 1. The van der Waals surface area contributed by atoms with E-state index in [1.54, 1.807) is 30.0 Å². The minimum absolute atomic E-state index is 0.153. The van der Waals surface area contributed by atoms with Crippen LogP contribution in [0.25, 0.3) is 0 Å². The Morgan fingerprint density at radius 2 is 2.18 bits per heavy atom. The summed E-state index contributed by atoms with van der Waals surface area (Å²) in [7, 11) is 0. The molecule has 17 heavy (non-hydrogen) atoms. The Hall–Kier alpha value is -1.36. The molecular formula is C12H13FN2OS. The summed E-state index contributed by atoms with van der Waals surface area (Å²) in [4.78, 5) is 17.1. The molecule has 5 heteroatoms. The molecule has 0 N–H and O–H groups in total. The molecule has 1 unspecified atom stereocenters. The third kappa shape index (κ3) is 2.34. The number of para-hydroxylation sites is 1. The molecule has 3 nitrogen and oxygen atoms in total. The first kappa shape index (κ1) is 12.1. The zero-order valence-corrected chi connectivity index (χ0v) is 10.5. The van der Waals surface area contributed by atoms with Crippen LogP contribution >= 0.6 is 11.8 Å². The predicted octanol–water partition coefficient (Wildman–Crippen LogP) is 2.67. The molecule has 0 radical (unpaired) electrons. The van der Waals surface area contributed by atoms with E-state index in [0.717, 1.165) is 0 Å². The molecule has 1 amide bonds. The number of benzene rings is 1. The van der Waals surface area contributed by atoms with E-state index in [0.29, 0.717) is 17.4 Å². The summed E-state index contributed by atoms with van der Waals surface area (Å²) < 4.78 is 13.7. The largest absolute Gasteiger partial charge is 0.318 e. The Balaban J connectivity index is 2.33. The van der Waals surface area contributed by atoms with E-state index in [2.05, 4.69) is 4.99 Å². The number of rotatable bonds is 2. The minimum atomic E-state index is -0.301. The van der Waals surface area contributed by atoms with E-state index in [4.69, 9.17) is 0 Å². The van der Waals surface area contributed by atoms with Gasteiger partial charge in [0.15, 0.2) is 5.17 Å². The van der Waals surface area contributed by atoms with E-state index in [-0.39, 0.29) is 17.0 Å². The smallest absolute Gasteiger partial charge is 0.261 e. The topological polar surface area (TPSA) is 32.7 Å². The van der Waals surface area contributed by atoms with Crippen molar-refractivity contribution in [1.82, 2.24) is 0 Å². The van der Waals surface area contributed by atoms with Crippen LogP contribution in [0.1, 0.15) is 13.8 Å². The van der Waals surface area contributed by atoms with Gasteiger partial charge >= 0.3 is 0 Å².